The Bertz CT molecular complexity index is 702. The molecule has 1 amide bonds. The Morgan fingerprint density at radius 1 is 1.41 bits per heavy atom. The van der Waals surface area contributed by atoms with Crippen molar-refractivity contribution in [2.45, 2.75) is 43.7 Å². The fraction of sp³-hybridized carbons (Fsp3) is 0.500. The molecule has 2 aromatic rings. The van der Waals surface area contributed by atoms with Crippen LogP contribution in [0.25, 0.3) is 10.9 Å². The SMILES string of the molecule is O=C(N[C@H]1C[C@@H](c2n[nH]c3ccc(Cl)cc32)C1)[C@@H]1CCCO1. The molecular weight excluding hydrogens is 302 g/mol. The van der Waals surface area contributed by atoms with Crippen molar-refractivity contribution in [2.75, 3.05) is 6.61 Å². The van der Waals surface area contributed by atoms with Crippen molar-refractivity contribution in [2.24, 2.45) is 0 Å². The summed E-state index contributed by atoms with van der Waals surface area (Å²) in [5.41, 5.74) is 2.06. The number of halogens is 1. The van der Waals surface area contributed by atoms with Crippen LogP contribution in [0.1, 0.15) is 37.3 Å². The lowest BCUT2D eigenvalue weighted by Crippen LogP contribution is -2.47. The Hall–Kier alpha value is -1.59. The molecule has 1 aliphatic carbocycles. The molecular formula is C16H18ClN3O2. The van der Waals surface area contributed by atoms with Crippen LogP contribution in [-0.4, -0.2) is 34.9 Å². The quantitative estimate of drug-likeness (QED) is 0.914. The standard InChI is InChI=1S/C16H18ClN3O2/c17-10-3-4-13-12(8-10)15(20-19-13)9-6-11(7-9)18-16(21)14-2-1-5-22-14/h3-4,8-9,11,14H,1-2,5-7H2,(H,18,21)(H,19,20)/t9-,11+,14-/m0/s1. The summed E-state index contributed by atoms with van der Waals surface area (Å²) in [7, 11) is 0. The highest BCUT2D eigenvalue weighted by Gasteiger charge is 2.35. The minimum Gasteiger partial charge on any atom is -0.368 e. The fourth-order valence-corrected chi connectivity index (χ4v) is 3.53. The van der Waals surface area contributed by atoms with Gasteiger partial charge in [-0.05, 0) is 43.9 Å². The first-order chi connectivity index (χ1) is 10.7. The highest BCUT2D eigenvalue weighted by atomic mass is 35.5. The van der Waals surface area contributed by atoms with E-state index in [0.29, 0.717) is 12.5 Å². The van der Waals surface area contributed by atoms with Crippen molar-refractivity contribution < 1.29 is 9.53 Å². The molecule has 1 saturated carbocycles. The molecule has 2 heterocycles. The molecule has 0 radical (unpaired) electrons. The molecule has 5 nitrogen and oxygen atoms in total. The molecule has 1 aromatic heterocycles. The summed E-state index contributed by atoms with van der Waals surface area (Å²) in [6.45, 7) is 0.700. The van der Waals surface area contributed by atoms with Crippen LogP contribution in [0.15, 0.2) is 18.2 Å². The van der Waals surface area contributed by atoms with Crippen molar-refractivity contribution in [3.63, 3.8) is 0 Å². The maximum absolute atomic E-state index is 12.0. The van der Waals surface area contributed by atoms with Gasteiger partial charge in [-0.25, -0.2) is 0 Å². The van der Waals surface area contributed by atoms with Crippen LogP contribution in [0.3, 0.4) is 0 Å². The number of H-pyrrole nitrogens is 1. The molecule has 116 valence electrons. The Labute approximate surface area is 133 Å². The van der Waals surface area contributed by atoms with Gasteiger partial charge >= 0.3 is 0 Å². The van der Waals surface area contributed by atoms with Gasteiger partial charge < -0.3 is 10.1 Å². The lowest BCUT2D eigenvalue weighted by molar-refractivity contribution is -0.131. The molecule has 1 aliphatic heterocycles. The highest BCUT2D eigenvalue weighted by molar-refractivity contribution is 6.31. The number of aromatic nitrogens is 2. The monoisotopic (exact) mass is 319 g/mol. The predicted octanol–water partition coefficient (Wildman–Crippen LogP) is 2.76. The van der Waals surface area contributed by atoms with Gasteiger partial charge in [0.1, 0.15) is 6.10 Å². The van der Waals surface area contributed by atoms with E-state index in [1.165, 1.54) is 0 Å². The minimum atomic E-state index is -0.246. The van der Waals surface area contributed by atoms with E-state index in [1.807, 2.05) is 18.2 Å². The van der Waals surface area contributed by atoms with E-state index in [9.17, 15) is 4.79 Å². The van der Waals surface area contributed by atoms with Crippen molar-refractivity contribution in [3.05, 3.63) is 28.9 Å². The summed E-state index contributed by atoms with van der Waals surface area (Å²) in [4.78, 5) is 12.0. The van der Waals surface area contributed by atoms with Gasteiger partial charge in [-0.3, -0.25) is 9.89 Å². The summed E-state index contributed by atoms with van der Waals surface area (Å²) in [5.74, 6) is 0.415. The zero-order valence-electron chi connectivity index (χ0n) is 12.1. The first-order valence-electron chi connectivity index (χ1n) is 7.76. The predicted molar refractivity (Wildman–Crippen MR) is 84.0 cm³/mol. The maximum atomic E-state index is 12.0. The Kier molecular flexibility index (Phi) is 3.54. The number of aromatic amines is 1. The molecule has 1 atom stereocenters. The van der Waals surface area contributed by atoms with Crippen LogP contribution in [-0.2, 0) is 9.53 Å². The summed E-state index contributed by atoms with van der Waals surface area (Å²) in [5, 5.41) is 12.4. The minimum absolute atomic E-state index is 0.0379. The largest absolute Gasteiger partial charge is 0.368 e. The van der Waals surface area contributed by atoms with Crippen LogP contribution >= 0.6 is 11.6 Å². The lowest BCUT2D eigenvalue weighted by atomic mass is 9.77. The van der Waals surface area contributed by atoms with Gasteiger partial charge in [0.05, 0.1) is 11.2 Å². The van der Waals surface area contributed by atoms with Gasteiger partial charge in [-0.1, -0.05) is 11.6 Å². The molecule has 1 saturated heterocycles. The Balaban J connectivity index is 1.40. The Morgan fingerprint density at radius 2 is 2.27 bits per heavy atom. The maximum Gasteiger partial charge on any atom is 0.249 e. The molecule has 4 rings (SSSR count). The number of rotatable bonds is 3. The average Bonchev–Trinajstić information content (AvgIpc) is 3.11. The lowest BCUT2D eigenvalue weighted by Gasteiger charge is -2.35. The van der Waals surface area contributed by atoms with Crippen molar-refractivity contribution in [3.8, 4) is 0 Å². The third-order valence-electron chi connectivity index (χ3n) is 4.65. The third kappa shape index (κ3) is 2.48. The second kappa shape index (κ2) is 5.56. The summed E-state index contributed by atoms with van der Waals surface area (Å²) in [6, 6.07) is 5.99. The van der Waals surface area contributed by atoms with E-state index >= 15 is 0 Å². The number of nitrogens with zero attached hydrogens (tertiary/aromatic N) is 1. The second-order valence-electron chi connectivity index (χ2n) is 6.17. The van der Waals surface area contributed by atoms with E-state index in [1.54, 1.807) is 0 Å². The number of hydrogen-bond donors (Lipinski definition) is 2. The molecule has 0 bridgehead atoms. The van der Waals surface area contributed by atoms with Gasteiger partial charge in [-0.15, -0.1) is 0 Å². The van der Waals surface area contributed by atoms with Gasteiger partial charge in [0.15, 0.2) is 0 Å². The van der Waals surface area contributed by atoms with E-state index in [0.717, 1.165) is 47.3 Å². The van der Waals surface area contributed by atoms with E-state index in [4.69, 9.17) is 16.3 Å². The highest BCUT2D eigenvalue weighted by Crippen LogP contribution is 2.39. The molecule has 22 heavy (non-hydrogen) atoms. The van der Waals surface area contributed by atoms with Crippen LogP contribution in [0.4, 0.5) is 0 Å². The number of carbonyl (C=O) groups excluding carboxylic acids is 1. The first-order valence-corrected chi connectivity index (χ1v) is 8.14. The number of ether oxygens (including phenoxy) is 1. The summed E-state index contributed by atoms with van der Waals surface area (Å²) < 4.78 is 5.41. The van der Waals surface area contributed by atoms with E-state index < -0.39 is 0 Å². The zero-order valence-corrected chi connectivity index (χ0v) is 12.9. The van der Waals surface area contributed by atoms with E-state index in [2.05, 4.69) is 15.5 Å². The number of hydrogen-bond acceptors (Lipinski definition) is 3. The number of amides is 1. The zero-order chi connectivity index (χ0) is 15.1. The number of carbonyl (C=O) groups is 1. The molecule has 0 unspecified atom stereocenters. The average molecular weight is 320 g/mol. The molecule has 2 aliphatic rings. The molecule has 0 spiro atoms. The topological polar surface area (TPSA) is 67.0 Å². The number of nitrogens with one attached hydrogen (secondary N) is 2. The molecule has 6 heteroatoms. The molecule has 1 aromatic carbocycles. The molecule has 2 N–H and O–H groups in total. The van der Waals surface area contributed by atoms with Gasteiger partial charge in [0.2, 0.25) is 5.91 Å². The fourth-order valence-electron chi connectivity index (χ4n) is 3.36. The van der Waals surface area contributed by atoms with Crippen molar-refractivity contribution in [1.29, 1.82) is 0 Å². The van der Waals surface area contributed by atoms with Crippen LogP contribution in [0.5, 0.6) is 0 Å². The van der Waals surface area contributed by atoms with Gasteiger partial charge in [-0.2, -0.15) is 5.10 Å². The molecule has 2 fully saturated rings. The van der Waals surface area contributed by atoms with E-state index in [-0.39, 0.29) is 18.1 Å². The van der Waals surface area contributed by atoms with Crippen molar-refractivity contribution in [1.82, 2.24) is 15.5 Å². The number of fused-ring (bicyclic) bond motifs is 1. The Morgan fingerprint density at radius 3 is 3.05 bits per heavy atom. The smallest absolute Gasteiger partial charge is 0.249 e. The third-order valence-corrected chi connectivity index (χ3v) is 4.88. The van der Waals surface area contributed by atoms with Crippen LogP contribution in [0, 0.1) is 0 Å². The van der Waals surface area contributed by atoms with Gasteiger partial charge in [0.25, 0.3) is 0 Å². The van der Waals surface area contributed by atoms with Crippen molar-refractivity contribution >= 4 is 28.4 Å². The summed E-state index contributed by atoms with van der Waals surface area (Å²) >= 11 is 6.07. The van der Waals surface area contributed by atoms with Crippen LogP contribution in [0.2, 0.25) is 5.02 Å². The normalized spacial score (nSPS) is 27.8. The van der Waals surface area contributed by atoms with Crippen LogP contribution < -0.4 is 5.32 Å². The van der Waals surface area contributed by atoms with Gasteiger partial charge in [0, 0.05) is 29.0 Å². The number of benzene rings is 1. The first kappa shape index (κ1) is 14.0. The second-order valence-corrected chi connectivity index (χ2v) is 6.61. The summed E-state index contributed by atoms with van der Waals surface area (Å²) in [6.07, 6.45) is 3.41.